The molecule has 0 spiro atoms. The predicted molar refractivity (Wildman–Crippen MR) is 68.5 cm³/mol. The maximum Gasteiger partial charge on any atom is 0.295 e. The standard InChI is InChI=1S/C13H15N5O/c19-13(12-14-16-17-15-12)18-8-6-11(7-9-18)10-4-2-1-3-5-10/h1-5,11H,6-9H2,(H,14,15,16,17). The first-order valence-corrected chi connectivity index (χ1v) is 6.42. The van der Waals surface area contributed by atoms with Crippen molar-refractivity contribution in [3.05, 3.63) is 41.7 Å². The molecule has 1 saturated heterocycles. The van der Waals surface area contributed by atoms with Gasteiger partial charge in [0.2, 0.25) is 0 Å². The first kappa shape index (κ1) is 11.8. The third-order valence-corrected chi connectivity index (χ3v) is 3.59. The Morgan fingerprint density at radius 1 is 1.21 bits per heavy atom. The number of tetrazole rings is 1. The summed E-state index contributed by atoms with van der Waals surface area (Å²) < 4.78 is 0. The molecule has 19 heavy (non-hydrogen) atoms. The second-order valence-corrected chi connectivity index (χ2v) is 4.71. The van der Waals surface area contributed by atoms with Gasteiger partial charge >= 0.3 is 0 Å². The molecule has 2 heterocycles. The van der Waals surface area contributed by atoms with Gasteiger partial charge in [-0.15, -0.1) is 10.2 Å². The number of hydrogen-bond acceptors (Lipinski definition) is 4. The molecule has 1 amide bonds. The molecule has 0 bridgehead atoms. The highest BCUT2D eigenvalue weighted by Crippen LogP contribution is 2.27. The molecule has 1 N–H and O–H groups in total. The number of aromatic amines is 1. The van der Waals surface area contributed by atoms with Crippen LogP contribution in [0.4, 0.5) is 0 Å². The summed E-state index contributed by atoms with van der Waals surface area (Å²) in [6.45, 7) is 1.49. The van der Waals surface area contributed by atoms with Crippen molar-refractivity contribution in [3.63, 3.8) is 0 Å². The number of piperidine rings is 1. The molecule has 1 aliphatic heterocycles. The van der Waals surface area contributed by atoms with Crippen LogP contribution in [0.2, 0.25) is 0 Å². The summed E-state index contributed by atoms with van der Waals surface area (Å²) in [6, 6.07) is 10.5. The van der Waals surface area contributed by atoms with Crippen molar-refractivity contribution < 1.29 is 4.79 Å². The third-order valence-electron chi connectivity index (χ3n) is 3.59. The number of likely N-dealkylation sites (tertiary alicyclic amines) is 1. The number of benzene rings is 1. The van der Waals surface area contributed by atoms with E-state index in [9.17, 15) is 4.79 Å². The largest absolute Gasteiger partial charge is 0.336 e. The van der Waals surface area contributed by atoms with E-state index in [1.165, 1.54) is 5.56 Å². The SMILES string of the molecule is O=C(c1nn[nH]n1)N1CCC(c2ccccc2)CC1. The first-order valence-electron chi connectivity index (χ1n) is 6.42. The average molecular weight is 257 g/mol. The van der Waals surface area contributed by atoms with Crippen molar-refractivity contribution in [1.29, 1.82) is 0 Å². The zero-order valence-corrected chi connectivity index (χ0v) is 10.5. The molecule has 0 unspecified atom stereocenters. The molecular formula is C13H15N5O. The number of nitrogens with one attached hydrogen (secondary N) is 1. The number of carbonyl (C=O) groups excluding carboxylic acids is 1. The smallest absolute Gasteiger partial charge is 0.295 e. The van der Waals surface area contributed by atoms with Crippen LogP contribution in [0, 0.1) is 0 Å². The zero-order valence-electron chi connectivity index (χ0n) is 10.5. The molecule has 3 rings (SSSR count). The maximum absolute atomic E-state index is 12.0. The van der Waals surface area contributed by atoms with E-state index in [0.29, 0.717) is 5.92 Å². The summed E-state index contributed by atoms with van der Waals surface area (Å²) in [4.78, 5) is 13.8. The minimum Gasteiger partial charge on any atom is -0.336 e. The van der Waals surface area contributed by atoms with E-state index in [1.54, 1.807) is 4.90 Å². The van der Waals surface area contributed by atoms with Crippen molar-refractivity contribution in [1.82, 2.24) is 25.5 Å². The second kappa shape index (κ2) is 5.17. The Morgan fingerprint density at radius 2 is 1.95 bits per heavy atom. The molecule has 98 valence electrons. The van der Waals surface area contributed by atoms with Gasteiger partial charge in [0.05, 0.1) is 0 Å². The topological polar surface area (TPSA) is 74.8 Å². The van der Waals surface area contributed by atoms with Gasteiger partial charge in [0, 0.05) is 13.1 Å². The van der Waals surface area contributed by atoms with Crippen molar-refractivity contribution in [2.45, 2.75) is 18.8 Å². The fourth-order valence-corrected chi connectivity index (χ4v) is 2.53. The molecule has 0 aliphatic carbocycles. The molecule has 2 aromatic rings. The number of hydrogen-bond donors (Lipinski definition) is 1. The van der Waals surface area contributed by atoms with E-state index in [4.69, 9.17) is 0 Å². The fraction of sp³-hybridized carbons (Fsp3) is 0.385. The van der Waals surface area contributed by atoms with Gasteiger partial charge < -0.3 is 4.90 Å². The number of rotatable bonds is 2. The predicted octanol–water partition coefficient (Wildman–Crippen LogP) is 1.22. The average Bonchev–Trinajstić information content (AvgIpc) is 3.02. The highest BCUT2D eigenvalue weighted by Gasteiger charge is 2.26. The summed E-state index contributed by atoms with van der Waals surface area (Å²) in [7, 11) is 0. The van der Waals surface area contributed by atoms with Crippen LogP contribution < -0.4 is 0 Å². The molecule has 1 aromatic heterocycles. The molecule has 0 radical (unpaired) electrons. The summed E-state index contributed by atoms with van der Waals surface area (Å²) in [5.41, 5.74) is 1.36. The summed E-state index contributed by atoms with van der Waals surface area (Å²) in [6.07, 6.45) is 1.96. The number of amides is 1. The highest BCUT2D eigenvalue weighted by atomic mass is 16.2. The number of carbonyl (C=O) groups is 1. The van der Waals surface area contributed by atoms with E-state index in [-0.39, 0.29) is 11.7 Å². The van der Waals surface area contributed by atoms with Crippen molar-refractivity contribution >= 4 is 5.91 Å². The van der Waals surface area contributed by atoms with Crippen LogP contribution in [0.15, 0.2) is 30.3 Å². The second-order valence-electron chi connectivity index (χ2n) is 4.71. The lowest BCUT2D eigenvalue weighted by molar-refractivity contribution is 0.0700. The summed E-state index contributed by atoms with van der Waals surface area (Å²) in [5.74, 6) is 0.550. The highest BCUT2D eigenvalue weighted by molar-refractivity contribution is 5.90. The van der Waals surface area contributed by atoms with Gasteiger partial charge in [-0.25, -0.2) is 0 Å². The van der Waals surface area contributed by atoms with Crippen LogP contribution in [0.1, 0.15) is 34.9 Å². The Kier molecular flexibility index (Phi) is 3.22. The van der Waals surface area contributed by atoms with Gasteiger partial charge in [-0.1, -0.05) is 30.3 Å². The molecule has 6 heteroatoms. The summed E-state index contributed by atoms with van der Waals surface area (Å²) in [5, 5.41) is 13.2. The molecule has 1 aromatic carbocycles. The fourth-order valence-electron chi connectivity index (χ4n) is 2.53. The van der Waals surface area contributed by atoms with Crippen molar-refractivity contribution in [2.24, 2.45) is 0 Å². The van der Waals surface area contributed by atoms with Gasteiger partial charge in [0.25, 0.3) is 11.7 Å². The van der Waals surface area contributed by atoms with E-state index in [0.717, 1.165) is 25.9 Å². The van der Waals surface area contributed by atoms with Crippen LogP contribution in [-0.4, -0.2) is 44.5 Å². The molecule has 1 fully saturated rings. The molecule has 0 saturated carbocycles. The maximum atomic E-state index is 12.0. The number of nitrogens with zero attached hydrogens (tertiary/aromatic N) is 4. The Morgan fingerprint density at radius 3 is 2.58 bits per heavy atom. The Bertz CT molecular complexity index is 531. The van der Waals surface area contributed by atoms with E-state index >= 15 is 0 Å². The minimum atomic E-state index is -0.139. The number of aromatic nitrogens is 4. The molecular weight excluding hydrogens is 242 g/mol. The van der Waals surface area contributed by atoms with E-state index in [2.05, 4.69) is 44.9 Å². The summed E-state index contributed by atoms with van der Waals surface area (Å²) >= 11 is 0. The molecule has 1 aliphatic rings. The van der Waals surface area contributed by atoms with Crippen LogP contribution >= 0.6 is 0 Å². The third kappa shape index (κ3) is 2.47. The molecule has 6 nitrogen and oxygen atoms in total. The van der Waals surface area contributed by atoms with Crippen LogP contribution in [0.3, 0.4) is 0 Å². The van der Waals surface area contributed by atoms with Crippen LogP contribution in [0.5, 0.6) is 0 Å². The number of H-pyrrole nitrogens is 1. The lowest BCUT2D eigenvalue weighted by Gasteiger charge is -2.31. The first-order chi connectivity index (χ1) is 9.34. The quantitative estimate of drug-likeness (QED) is 0.877. The molecule has 0 atom stereocenters. The van der Waals surface area contributed by atoms with Gasteiger partial charge in [0.1, 0.15) is 0 Å². The van der Waals surface area contributed by atoms with Gasteiger partial charge in [-0.2, -0.15) is 5.21 Å². The Labute approximate surface area is 110 Å². The van der Waals surface area contributed by atoms with Gasteiger partial charge in [-0.05, 0) is 29.5 Å². The van der Waals surface area contributed by atoms with Gasteiger partial charge in [-0.3, -0.25) is 4.79 Å². The Balaban J connectivity index is 1.62. The Hall–Kier alpha value is -2.24. The van der Waals surface area contributed by atoms with E-state index < -0.39 is 0 Å². The minimum absolute atomic E-state index is 0.139. The zero-order chi connectivity index (χ0) is 13.1. The lowest BCUT2D eigenvalue weighted by Crippen LogP contribution is -2.38. The monoisotopic (exact) mass is 257 g/mol. The lowest BCUT2D eigenvalue weighted by atomic mass is 9.89. The van der Waals surface area contributed by atoms with Crippen LogP contribution in [0.25, 0.3) is 0 Å². The van der Waals surface area contributed by atoms with E-state index in [1.807, 2.05) is 6.07 Å². The van der Waals surface area contributed by atoms with Gasteiger partial charge in [0.15, 0.2) is 0 Å². The van der Waals surface area contributed by atoms with Crippen molar-refractivity contribution in [3.8, 4) is 0 Å². The van der Waals surface area contributed by atoms with Crippen molar-refractivity contribution in [2.75, 3.05) is 13.1 Å². The normalized spacial score (nSPS) is 16.5. The van der Waals surface area contributed by atoms with Crippen LogP contribution in [-0.2, 0) is 0 Å².